The molecule has 2 rings (SSSR count). The van der Waals surface area contributed by atoms with Crippen molar-refractivity contribution in [2.45, 2.75) is 12.8 Å². The molecule has 2 nitrogen and oxygen atoms in total. The summed E-state index contributed by atoms with van der Waals surface area (Å²) in [6.07, 6.45) is 1.25. The number of nitrogens with two attached hydrogens (primary N) is 1. The van der Waals surface area contributed by atoms with E-state index in [0.29, 0.717) is 6.42 Å². The van der Waals surface area contributed by atoms with Gasteiger partial charge in [0.15, 0.2) is 0 Å². The minimum absolute atomic E-state index is 0.413. The van der Waals surface area contributed by atoms with Crippen LogP contribution in [0.15, 0.2) is 48.5 Å². The predicted molar refractivity (Wildman–Crippen MR) is 69.4 cm³/mol. The maximum atomic E-state index is 8.62. The lowest BCUT2D eigenvalue weighted by Gasteiger charge is -2.07. The van der Waals surface area contributed by atoms with E-state index in [4.69, 9.17) is 11.0 Å². The Morgan fingerprint density at radius 2 is 1.76 bits per heavy atom. The first kappa shape index (κ1) is 11.2. The third kappa shape index (κ3) is 2.85. The van der Waals surface area contributed by atoms with Crippen LogP contribution in [0.5, 0.6) is 0 Å². The molecule has 0 atom stereocenters. The third-order valence-electron chi connectivity index (χ3n) is 2.73. The fourth-order valence-corrected chi connectivity index (χ4v) is 1.82. The van der Waals surface area contributed by atoms with E-state index in [2.05, 4.69) is 18.2 Å². The van der Waals surface area contributed by atoms with Gasteiger partial charge < -0.3 is 5.73 Å². The van der Waals surface area contributed by atoms with Crippen LogP contribution < -0.4 is 5.73 Å². The van der Waals surface area contributed by atoms with E-state index in [1.165, 1.54) is 5.56 Å². The lowest BCUT2D eigenvalue weighted by atomic mass is 10.0. The molecule has 0 radical (unpaired) electrons. The Morgan fingerprint density at radius 3 is 2.41 bits per heavy atom. The Labute approximate surface area is 101 Å². The highest BCUT2D eigenvalue weighted by Crippen LogP contribution is 2.18. The number of nitrogens with zero attached hydrogens (tertiary/aromatic N) is 1. The van der Waals surface area contributed by atoms with Gasteiger partial charge in [-0.05, 0) is 29.2 Å². The standard InChI is InChI=1S/C15H14N2/c16-9-8-13-6-7-14(15(17)11-13)10-12-4-2-1-3-5-12/h1-7,11H,8,10,17H2. The molecule has 0 aliphatic rings. The highest BCUT2D eigenvalue weighted by Gasteiger charge is 2.02. The maximum absolute atomic E-state index is 8.62. The zero-order valence-electron chi connectivity index (χ0n) is 9.56. The Hall–Kier alpha value is -2.27. The largest absolute Gasteiger partial charge is 0.398 e. The highest BCUT2D eigenvalue weighted by atomic mass is 14.6. The fourth-order valence-electron chi connectivity index (χ4n) is 1.82. The number of hydrogen-bond donors (Lipinski definition) is 1. The van der Waals surface area contributed by atoms with Gasteiger partial charge in [0.1, 0.15) is 0 Å². The number of benzene rings is 2. The van der Waals surface area contributed by atoms with Crippen LogP contribution in [0.4, 0.5) is 5.69 Å². The Balaban J connectivity index is 2.20. The second-order valence-corrected chi connectivity index (χ2v) is 4.03. The molecule has 2 aromatic rings. The van der Waals surface area contributed by atoms with Crippen LogP contribution >= 0.6 is 0 Å². The zero-order chi connectivity index (χ0) is 12.1. The SMILES string of the molecule is N#CCc1ccc(Cc2ccccc2)c(N)c1. The molecule has 2 aromatic carbocycles. The molecule has 0 saturated carbocycles. The second-order valence-electron chi connectivity index (χ2n) is 4.03. The quantitative estimate of drug-likeness (QED) is 0.812. The monoisotopic (exact) mass is 222 g/mol. The van der Waals surface area contributed by atoms with E-state index < -0.39 is 0 Å². The van der Waals surface area contributed by atoms with E-state index >= 15 is 0 Å². The summed E-state index contributed by atoms with van der Waals surface area (Å²) in [6, 6.07) is 18.2. The van der Waals surface area contributed by atoms with Crippen LogP contribution in [0, 0.1) is 11.3 Å². The molecular formula is C15H14N2. The number of anilines is 1. The molecule has 0 bridgehead atoms. The van der Waals surface area contributed by atoms with Crippen LogP contribution in [-0.4, -0.2) is 0 Å². The number of nitriles is 1. The first-order chi connectivity index (χ1) is 8.29. The summed E-state index contributed by atoms with van der Waals surface area (Å²) in [4.78, 5) is 0. The van der Waals surface area contributed by atoms with E-state index in [1.807, 2.05) is 36.4 Å². The molecule has 0 spiro atoms. The van der Waals surface area contributed by atoms with Gasteiger partial charge in [-0.3, -0.25) is 0 Å². The maximum Gasteiger partial charge on any atom is 0.0669 e. The van der Waals surface area contributed by atoms with Gasteiger partial charge in [-0.25, -0.2) is 0 Å². The zero-order valence-corrected chi connectivity index (χ0v) is 9.56. The van der Waals surface area contributed by atoms with Crippen molar-refractivity contribution in [2.24, 2.45) is 0 Å². The molecule has 84 valence electrons. The molecule has 0 fully saturated rings. The summed E-state index contributed by atoms with van der Waals surface area (Å²) < 4.78 is 0. The van der Waals surface area contributed by atoms with Crippen molar-refractivity contribution in [1.29, 1.82) is 5.26 Å². The molecule has 0 aromatic heterocycles. The van der Waals surface area contributed by atoms with Gasteiger partial charge in [-0.1, -0.05) is 42.5 Å². The predicted octanol–water partition coefficient (Wildman–Crippen LogP) is 2.93. The molecule has 0 aliphatic heterocycles. The van der Waals surface area contributed by atoms with Crippen LogP contribution in [0.2, 0.25) is 0 Å². The van der Waals surface area contributed by atoms with Gasteiger partial charge in [-0.2, -0.15) is 5.26 Å². The summed E-state index contributed by atoms with van der Waals surface area (Å²) in [6.45, 7) is 0. The Morgan fingerprint density at radius 1 is 1.00 bits per heavy atom. The molecule has 17 heavy (non-hydrogen) atoms. The van der Waals surface area contributed by atoms with Crippen LogP contribution in [0.1, 0.15) is 16.7 Å². The summed E-state index contributed by atoms with van der Waals surface area (Å²) in [7, 11) is 0. The highest BCUT2D eigenvalue weighted by molar-refractivity contribution is 5.51. The van der Waals surface area contributed by atoms with E-state index in [0.717, 1.165) is 23.2 Å². The molecule has 0 aliphatic carbocycles. The lowest BCUT2D eigenvalue weighted by molar-refractivity contribution is 1.18. The van der Waals surface area contributed by atoms with Gasteiger partial charge >= 0.3 is 0 Å². The van der Waals surface area contributed by atoms with Crippen molar-refractivity contribution in [3.05, 3.63) is 65.2 Å². The lowest BCUT2D eigenvalue weighted by Crippen LogP contribution is -1.97. The minimum Gasteiger partial charge on any atom is -0.398 e. The van der Waals surface area contributed by atoms with Crippen LogP contribution in [0.3, 0.4) is 0 Å². The topological polar surface area (TPSA) is 49.8 Å². The van der Waals surface area contributed by atoms with Gasteiger partial charge in [0.25, 0.3) is 0 Å². The summed E-state index contributed by atoms with van der Waals surface area (Å²) >= 11 is 0. The van der Waals surface area contributed by atoms with Crippen molar-refractivity contribution in [1.82, 2.24) is 0 Å². The van der Waals surface area contributed by atoms with Crippen LogP contribution in [-0.2, 0) is 12.8 Å². The number of nitrogen functional groups attached to an aromatic ring is 1. The van der Waals surface area contributed by atoms with Gasteiger partial charge in [0, 0.05) is 5.69 Å². The molecule has 0 heterocycles. The first-order valence-corrected chi connectivity index (χ1v) is 5.58. The Kier molecular flexibility index (Phi) is 3.42. The second kappa shape index (κ2) is 5.18. The van der Waals surface area contributed by atoms with E-state index in [-0.39, 0.29) is 0 Å². The van der Waals surface area contributed by atoms with Crippen molar-refractivity contribution < 1.29 is 0 Å². The summed E-state index contributed by atoms with van der Waals surface area (Å²) in [5.74, 6) is 0. The number of rotatable bonds is 3. The van der Waals surface area contributed by atoms with Gasteiger partial charge in [0.2, 0.25) is 0 Å². The van der Waals surface area contributed by atoms with Crippen molar-refractivity contribution in [3.8, 4) is 6.07 Å². The average molecular weight is 222 g/mol. The van der Waals surface area contributed by atoms with Crippen LogP contribution in [0.25, 0.3) is 0 Å². The van der Waals surface area contributed by atoms with E-state index in [9.17, 15) is 0 Å². The number of hydrogen-bond acceptors (Lipinski definition) is 2. The van der Waals surface area contributed by atoms with Crippen molar-refractivity contribution in [3.63, 3.8) is 0 Å². The first-order valence-electron chi connectivity index (χ1n) is 5.58. The molecule has 0 saturated heterocycles. The molecular weight excluding hydrogens is 208 g/mol. The minimum atomic E-state index is 0.413. The Bertz CT molecular complexity index is 539. The smallest absolute Gasteiger partial charge is 0.0669 e. The molecule has 2 heteroatoms. The summed E-state index contributed by atoms with van der Waals surface area (Å²) in [5, 5.41) is 8.62. The third-order valence-corrected chi connectivity index (χ3v) is 2.73. The summed E-state index contributed by atoms with van der Waals surface area (Å²) in [5.41, 5.74) is 10.1. The van der Waals surface area contributed by atoms with Crippen molar-refractivity contribution in [2.75, 3.05) is 5.73 Å². The molecule has 0 amide bonds. The normalized spacial score (nSPS) is 9.82. The fraction of sp³-hybridized carbons (Fsp3) is 0.133. The molecule has 0 unspecified atom stereocenters. The van der Waals surface area contributed by atoms with Gasteiger partial charge in [-0.15, -0.1) is 0 Å². The van der Waals surface area contributed by atoms with E-state index in [1.54, 1.807) is 0 Å². The van der Waals surface area contributed by atoms with Crippen molar-refractivity contribution >= 4 is 5.69 Å². The molecule has 2 N–H and O–H groups in total. The average Bonchev–Trinajstić information content (AvgIpc) is 2.34. The van der Waals surface area contributed by atoms with Gasteiger partial charge in [0.05, 0.1) is 12.5 Å².